The molecule has 0 spiro atoms. The van der Waals surface area contributed by atoms with Crippen LogP contribution in [0.15, 0.2) is 30.5 Å². The lowest BCUT2D eigenvalue weighted by atomic mass is 10.3. The predicted molar refractivity (Wildman–Crippen MR) is 67.6 cm³/mol. The average Bonchev–Trinajstić information content (AvgIpc) is 2.70. The van der Waals surface area contributed by atoms with Crippen LogP contribution in [0, 0.1) is 0 Å². The maximum atomic E-state index is 11.8. The molecule has 0 unspecified atom stereocenters. The number of halogens is 2. The van der Waals surface area contributed by atoms with E-state index in [1.165, 1.54) is 0 Å². The summed E-state index contributed by atoms with van der Waals surface area (Å²) in [5.74, 6) is -0.324. The topological polar surface area (TPSA) is 46.9 Å². The van der Waals surface area contributed by atoms with Gasteiger partial charge in [0.25, 0.3) is 5.91 Å². The highest BCUT2D eigenvalue weighted by atomic mass is 35.5. The van der Waals surface area contributed by atoms with E-state index >= 15 is 0 Å². The summed E-state index contributed by atoms with van der Waals surface area (Å²) >= 11 is 11.8. The number of anilines is 1. The first-order valence-electron chi connectivity index (χ1n) is 4.82. The van der Waals surface area contributed by atoms with E-state index in [2.05, 4.69) is 10.4 Å². The number of hydrogen-bond acceptors (Lipinski definition) is 2. The van der Waals surface area contributed by atoms with E-state index in [0.29, 0.717) is 21.4 Å². The number of nitrogens with zero attached hydrogens (tertiary/aromatic N) is 2. The summed E-state index contributed by atoms with van der Waals surface area (Å²) in [6, 6.07) is 6.48. The van der Waals surface area contributed by atoms with Crippen molar-refractivity contribution < 1.29 is 4.79 Å². The van der Waals surface area contributed by atoms with Gasteiger partial charge in [-0.25, -0.2) is 0 Å². The zero-order valence-corrected chi connectivity index (χ0v) is 10.5. The molecule has 0 aliphatic heterocycles. The van der Waals surface area contributed by atoms with Crippen LogP contribution in [-0.4, -0.2) is 15.7 Å². The number of nitrogens with one attached hydrogen (secondary N) is 1. The van der Waals surface area contributed by atoms with Gasteiger partial charge < -0.3 is 5.32 Å². The van der Waals surface area contributed by atoms with Crippen LogP contribution in [-0.2, 0) is 7.05 Å². The van der Waals surface area contributed by atoms with Gasteiger partial charge in [0.2, 0.25) is 0 Å². The molecular weight excluding hydrogens is 261 g/mol. The molecule has 0 saturated heterocycles. The molecule has 1 aromatic heterocycles. The third-order valence-electron chi connectivity index (χ3n) is 2.12. The standard InChI is InChI=1S/C11H9Cl2N3O/c1-16-5-4-9(15-16)11(17)14-10-6-7(12)2-3-8(10)13/h2-6H,1H3,(H,14,17). The van der Waals surface area contributed by atoms with Crippen LogP contribution in [0.2, 0.25) is 10.0 Å². The summed E-state index contributed by atoms with van der Waals surface area (Å²) in [4.78, 5) is 11.8. The first kappa shape index (κ1) is 12.0. The van der Waals surface area contributed by atoms with Crippen LogP contribution < -0.4 is 5.32 Å². The fourth-order valence-corrected chi connectivity index (χ4v) is 1.65. The average molecular weight is 270 g/mol. The molecule has 0 fully saturated rings. The highest BCUT2D eigenvalue weighted by molar-refractivity contribution is 6.35. The molecule has 2 rings (SSSR count). The number of rotatable bonds is 2. The second kappa shape index (κ2) is 4.77. The molecule has 1 aromatic carbocycles. The van der Waals surface area contributed by atoms with Crippen molar-refractivity contribution in [3.63, 3.8) is 0 Å². The summed E-state index contributed by atoms with van der Waals surface area (Å²) in [6.07, 6.45) is 1.69. The fraction of sp³-hybridized carbons (Fsp3) is 0.0909. The third kappa shape index (κ3) is 2.78. The van der Waals surface area contributed by atoms with E-state index < -0.39 is 0 Å². The Bertz CT molecular complexity index is 566. The van der Waals surface area contributed by atoms with E-state index in [0.717, 1.165) is 0 Å². The van der Waals surface area contributed by atoms with E-state index in [1.54, 1.807) is 42.2 Å². The smallest absolute Gasteiger partial charge is 0.276 e. The van der Waals surface area contributed by atoms with Gasteiger partial charge in [-0.2, -0.15) is 5.10 Å². The Morgan fingerprint density at radius 1 is 1.35 bits per heavy atom. The lowest BCUT2D eigenvalue weighted by molar-refractivity contribution is 0.102. The number of aromatic nitrogens is 2. The number of carbonyl (C=O) groups is 1. The highest BCUT2D eigenvalue weighted by Gasteiger charge is 2.11. The summed E-state index contributed by atoms with van der Waals surface area (Å²) in [6.45, 7) is 0. The molecule has 2 aromatic rings. The normalized spacial score (nSPS) is 10.3. The molecule has 1 N–H and O–H groups in total. The van der Waals surface area contributed by atoms with Gasteiger partial charge in [0.1, 0.15) is 0 Å². The molecule has 1 heterocycles. The quantitative estimate of drug-likeness (QED) is 0.911. The number of hydrogen-bond donors (Lipinski definition) is 1. The van der Waals surface area contributed by atoms with E-state index in [9.17, 15) is 4.79 Å². The summed E-state index contributed by atoms with van der Waals surface area (Å²) in [5, 5.41) is 7.57. The largest absolute Gasteiger partial charge is 0.319 e. The zero-order chi connectivity index (χ0) is 12.4. The minimum absolute atomic E-state index is 0.323. The third-order valence-corrected chi connectivity index (χ3v) is 2.69. The van der Waals surface area contributed by atoms with Crippen LogP contribution in [0.5, 0.6) is 0 Å². The minimum Gasteiger partial charge on any atom is -0.319 e. The molecule has 17 heavy (non-hydrogen) atoms. The fourth-order valence-electron chi connectivity index (χ4n) is 1.32. The number of amides is 1. The van der Waals surface area contributed by atoms with Crippen molar-refractivity contribution in [1.29, 1.82) is 0 Å². The Labute approximate surface area is 108 Å². The molecule has 1 amide bonds. The Morgan fingerprint density at radius 2 is 2.12 bits per heavy atom. The van der Waals surface area contributed by atoms with Crippen molar-refractivity contribution >= 4 is 34.8 Å². The predicted octanol–water partition coefficient (Wildman–Crippen LogP) is 2.98. The van der Waals surface area contributed by atoms with Crippen LogP contribution in [0.3, 0.4) is 0 Å². The Balaban J connectivity index is 2.21. The molecule has 0 aliphatic rings. The molecule has 6 heteroatoms. The van der Waals surface area contributed by atoms with Gasteiger partial charge >= 0.3 is 0 Å². The number of benzene rings is 1. The molecule has 0 aliphatic carbocycles. The van der Waals surface area contributed by atoms with Gasteiger partial charge in [0, 0.05) is 18.3 Å². The van der Waals surface area contributed by atoms with Crippen molar-refractivity contribution in [3.8, 4) is 0 Å². The second-order valence-electron chi connectivity index (χ2n) is 3.45. The van der Waals surface area contributed by atoms with Crippen molar-refractivity contribution in [1.82, 2.24) is 9.78 Å². The first-order valence-corrected chi connectivity index (χ1v) is 5.58. The van der Waals surface area contributed by atoms with Crippen molar-refractivity contribution in [2.75, 3.05) is 5.32 Å². The monoisotopic (exact) mass is 269 g/mol. The van der Waals surface area contributed by atoms with Crippen molar-refractivity contribution in [2.45, 2.75) is 0 Å². The van der Waals surface area contributed by atoms with Crippen molar-refractivity contribution in [2.24, 2.45) is 7.05 Å². The highest BCUT2D eigenvalue weighted by Crippen LogP contribution is 2.25. The summed E-state index contributed by atoms with van der Waals surface area (Å²) < 4.78 is 1.55. The summed E-state index contributed by atoms with van der Waals surface area (Å²) in [5.41, 5.74) is 0.790. The molecular formula is C11H9Cl2N3O. The Kier molecular flexibility index (Phi) is 3.36. The van der Waals surface area contributed by atoms with Crippen molar-refractivity contribution in [3.05, 3.63) is 46.2 Å². The van der Waals surface area contributed by atoms with Gasteiger partial charge in [-0.05, 0) is 24.3 Å². The van der Waals surface area contributed by atoms with Crippen LogP contribution in [0.4, 0.5) is 5.69 Å². The SMILES string of the molecule is Cn1ccc(C(=O)Nc2cc(Cl)ccc2Cl)n1. The van der Waals surface area contributed by atoms with E-state index in [1.807, 2.05) is 0 Å². The first-order chi connectivity index (χ1) is 8.06. The molecule has 4 nitrogen and oxygen atoms in total. The lowest BCUT2D eigenvalue weighted by Gasteiger charge is -2.05. The maximum Gasteiger partial charge on any atom is 0.276 e. The molecule has 0 radical (unpaired) electrons. The molecule has 0 atom stereocenters. The van der Waals surface area contributed by atoms with Gasteiger partial charge in [-0.1, -0.05) is 23.2 Å². The molecule has 0 saturated carbocycles. The summed E-state index contributed by atoms with van der Waals surface area (Å²) in [7, 11) is 1.74. The maximum absolute atomic E-state index is 11.8. The minimum atomic E-state index is -0.324. The second-order valence-corrected chi connectivity index (χ2v) is 4.30. The van der Waals surface area contributed by atoms with E-state index in [-0.39, 0.29) is 5.91 Å². The molecule has 0 bridgehead atoms. The van der Waals surface area contributed by atoms with E-state index in [4.69, 9.17) is 23.2 Å². The lowest BCUT2D eigenvalue weighted by Crippen LogP contribution is -2.13. The number of aryl methyl sites for hydroxylation is 1. The Morgan fingerprint density at radius 3 is 2.76 bits per heavy atom. The van der Waals surface area contributed by atoms with Gasteiger partial charge in [0.05, 0.1) is 10.7 Å². The van der Waals surface area contributed by atoms with Crippen LogP contribution >= 0.6 is 23.2 Å². The zero-order valence-electron chi connectivity index (χ0n) is 8.95. The van der Waals surface area contributed by atoms with Gasteiger partial charge in [0.15, 0.2) is 5.69 Å². The van der Waals surface area contributed by atoms with Gasteiger partial charge in [-0.15, -0.1) is 0 Å². The van der Waals surface area contributed by atoms with Crippen LogP contribution in [0.25, 0.3) is 0 Å². The number of carbonyl (C=O) groups excluding carboxylic acids is 1. The van der Waals surface area contributed by atoms with Crippen LogP contribution in [0.1, 0.15) is 10.5 Å². The Hall–Kier alpha value is -1.52. The van der Waals surface area contributed by atoms with Gasteiger partial charge in [-0.3, -0.25) is 9.48 Å². The molecule has 88 valence electrons.